The van der Waals surface area contributed by atoms with E-state index in [4.69, 9.17) is 0 Å². The van der Waals surface area contributed by atoms with E-state index in [1.165, 1.54) is 4.90 Å². The van der Waals surface area contributed by atoms with Crippen LogP contribution in [0.1, 0.15) is 6.92 Å². The number of pyridine rings is 1. The Morgan fingerprint density at radius 3 is 2.48 bits per heavy atom. The summed E-state index contributed by atoms with van der Waals surface area (Å²) in [5, 5.41) is 0. The number of sulfone groups is 1. The SMILES string of the molecule is CC(CN1c2ccccc2S(=O)(=O)c2cccnc21)[NH+](C)C.[Cl-]. The highest BCUT2D eigenvalue weighted by Gasteiger charge is 2.35. The molecule has 1 aliphatic rings. The molecule has 1 aromatic carbocycles. The van der Waals surface area contributed by atoms with Crippen LogP contribution < -0.4 is 22.2 Å². The molecular weight excluding hydrogens is 334 g/mol. The maximum atomic E-state index is 12.8. The third-order valence-corrected chi connectivity index (χ3v) is 6.01. The van der Waals surface area contributed by atoms with E-state index in [0.717, 1.165) is 0 Å². The highest BCUT2D eigenvalue weighted by Crippen LogP contribution is 2.42. The Morgan fingerprint density at radius 1 is 1.13 bits per heavy atom. The largest absolute Gasteiger partial charge is 1.00 e. The van der Waals surface area contributed by atoms with Gasteiger partial charge in [0, 0.05) is 6.20 Å². The monoisotopic (exact) mass is 353 g/mol. The Hall–Kier alpha value is -1.63. The zero-order valence-electron chi connectivity index (χ0n) is 13.3. The van der Waals surface area contributed by atoms with Gasteiger partial charge in [-0.15, -0.1) is 0 Å². The van der Waals surface area contributed by atoms with Crippen LogP contribution in [0.2, 0.25) is 0 Å². The highest BCUT2D eigenvalue weighted by molar-refractivity contribution is 7.92. The fourth-order valence-electron chi connectivity index (χ4n) is 2.58. The number of halogens is 1. The summed E-state index contributed by atoms with van der Waals surface area (Å²) in [5.41, 5.74) is 0.710. The molecule has 0 bridgehead atoms. The molecule has 0 fully saturated rings. The van der Waals surface area contributed by atoms with Crippen LogP contribution in [-0.2, 0) is 9.84 Å². The second kappa shape index (κ2) is 6.47. The molecular formula is C16H20ClN3O2S. The van der Waals surface area contributed by atoms with Gasteiger partial charge in [-0.3, -0.25) is 0 Å². The van der Waals surface area contributed by atoms with E-state index < -0.39 is 9.84 Å². The van der Waals surface area contributed by atoms with E-state index in [9.17, 15) is 8.42 Å². The Bertz CT molecular complexity index is 755. The maximum Gasteiger partial charge on any atom is 0.212 e. The van der Waals surface area contributed by atoms with E-state index in [1.54, 1.807) is 30.5 Å². The summed E-state index contributed by atoms with van der Waals surface area (Å²) in [6.07, 6.45) is 1.64. The van der Waals surface area contributed by atoms with Crippen molar-refractivity contribution in [2.45, 2.75) is 22.8 Å². The van der Waals surface area contributed by atoms with Gasteiger partial charge in [-0.05, 0) is 31.2 Å². The van der Waals surface area contributed by atoms with Gasteiger partial charge < -0.3 is 22.2 Å². The zero-order valence-corrected chi connectivity index (χ0v) is 14.9. The van der Waals surface area contributed by atoms with Gasteiger partial charge in [-0.2, -0.15) is 0 Å². The number of rotatable bonds is 3. The summed E-state index contributed by atoms with van der Waals surface area (Å²) in [7, 11) is 0.686. The van der Waals surface area contributed by atoms with E-state index in [0.29, 0.717) is 29.0 Å². The fraction of sp³-hybridized carbons (Fsp3) is 0.312. The molecule has 0 radical (unpaired) electrons. The molecule has 0 saturated heterocycles. The molecule has 0 aliphatic carbocycles. The van der Waals surface area contributed by atoms with E-state index in [2.05, 4.69) is 26.0 Å². The minimum atomic E-state index is -3.50. The third kappa shape index (κ3) is 2.94. The van der Waals surface area contributed by atoms with Crippen LogP contribution in [0.25, 0.3) is 0 Å². The van der Waals surface area contributed by atoms with Gasteiger partial charge in [0.15, 0.2) is 5.82 Å². The average Bonchev–Trinajstić information content (AvgIpc) is 2.51. The predicted octanol–water partition coefficient (Wildman–Crippen LogP) is -2.10. The quantitative estimate of drug-likeness (QED) is 0.687. The molecule has 5 nitrogen and oxygen atoms in total. The lowest BCUT2D eigenvalue weighted by molar-refractivity contribution is -0.881. The molecule has 3 rings (SSSR count). The molecule has 0 saturated carbocycles. The topological polar surface area (TPSA) is 54.7 Å². The Morgan fingerprint density at radius 2 is 1.78 bits per heavy atom. The van der Waals surface area contributed by atoms with Crippen LogP contribution in [0, 0.1) is 0 Å². The minimum absolute atomic E-state index is 0. The van der Waals surface area contributed by atoms with Gasteiger partial charge >= 0.3 is 0 Å². The number of hydrogen-bond acceptors (Lipinski definition) is 4. The summed E-state index contributed by atoms with van der Waals surface area (Å²) in [6.45, 7) is 2.85. The van der Waals surface area contributed by atoms with Gasteiger partial charge in [0.25, 0.3) is 0 Å². The lowest BCUT2D eigenvalue weighted by Gasteiger charge is -2.33. The molecule has 7 heteroatoms. The number of likely N-dealkylation sites (N-methyl/N-ethyl adjacent to an activating group) is 1. The van der Waals surface area contributed by atoms with Crippen molar-refractivity contribution >= 4 is 21.3 Å². The van der Waals surface area contributed by atoms with E-state index in [-0.39, 0.29) is 17.3 Å². The lowest BCUT2D eigenvalue weighted by atomic mass is 10.2. The molecule has 1 unspecified atom stereocenters. The van der Waals surface area contributed by atoms with Crippen LogP contribution in [0.5, 0.6) is 0 Å². The van der Waals surface area contributed by atoms with Crippen molar-refractivity contribution in [2.24, 2.45) is 0 Å². The van der Waals surface area contributed by atoms with Crippen molar-refractivity contribution in [1.29, 1.82) is 0 Å². The number of benzene rings is 1. The number of fused-ring (bicyclic) bond motifs is 2. The van der Waals surface area contributed by atoms with Gasteiger partial charge in [-0.1, -0.05) is 12.1 Å². The second-order valence-electron chi connectivity index (χ2n) is 5.89. The highest BCUT2D eigenvalue weighted by atomic mass is 35.5. The number of para-hydroxylation sites is 1. The Kier molecular flexibility index (Phi) is 4.98. The molecule has 0 spiro atoms. The molecule has 1 aromatic heterocycles. The van der Waals surface area contributed by atoms with Gasteiger partial charge in [0.05, 0.1) is 31.2 Å². The molecule has 1 aliphatic heterocycles. The number of hydrogen-bond donors (Lipinski definition) is 1. The maximum absolute atomic E-state index is 12.8. The number of nitrogens with one attached hydrogen (secondary N) is 1. The first kappa shape index (κ1) is 17.7. The lowest BCUT2D eigenvalue weighted by Crippen LogP contribution is -3.10. The van der Waals surface area contributed by atoms with Crippen molar-refractivity contribution in [2.75, 3.05) is 25.5 Å². The number of aromatic nitrogens is 1. The van der Waals surface area contributed by atoms with E-state index >= 15 is 0 Å². The van der Waals surface area contributed by atoms with Crippen molar-refractivity contribution in [3.05, 3.63) is 42.6 Å². The number of quaternary nitrogens is 1. The fourth-order valence-corrected chi connectivity index (χ4v) is 4.19. The third-order valence-electron chi connectivity index (χ3n) is 4.18. The van der Waals surface area contributed by atoms with Crippen molar-refractivity contribution in [3.8, 4) is 0 Å². The number of anilines is 2. The second-order valence-corrected chi connectivity index (χ2v) is 7.77. The summed E-state index contributed by atoms with van der Waals surface area (Å²) < 4.78 is 25.6. The normalized spacial score (nSPS) is 16.3. The first-order valence-electron chi connectivity index (χ1n) is 7.29. The van der Waals surface area contributed by atoms with Crippen LogP contribution in [0.4, 0.5) is 11.5 Å². The molecule has 0 amide bonds. The van der Waals surface area contributed by atoms with Crippen LogP contribution in [0.15, 0.2) is 52.4 Å². The van der Waals surface area contributed by atoms with Gasteiger partial charge in [-0.25, -0.2) is 13.4 Å². The first-order valence-corrected chi connectivity index (χ1v) is 8.78. The minimum Gasteiger partial charge on any atom is -1.00 e. The van der Waals surface area contributed by atoms with Gasteiger partial charge in [0.1, 0.15) is 10.9 Å². The molecule has 1 N–H and O–H groups in total. The molecule has 124 valence electrons. The number of nitrogens with zero attached hydrogens (tertiary/aromatic N) is 2. The predicted molar refractivity (Wildman–Crippen MR) is 85.4 cm³/mol. The van der Waals surface area contributed by atoms with Gasteiger partial charge in [0.2, 0.25) is 9.84 Å². The average molecular weight is 354 g/mol. The first-order chi connectivity index (χ1) is 10.4. The van der Waals surface area contributed by atoms with E-state index in [1.807, 2.05) is 17.0 Å². The summed E-state index contributed by atoms with van der Waals surface area (Å²) in [6, 6.07) is 10.8. The van der Waals surface area contributed by atoms with Crippen LogP contribution in [0.3, 0.4) is 0 Å². The van der Waals surface area contributed by atoms with Crippen molar-refractivity contribution in [1.82, 2.24) is 4.98 Å². The van der Waals surface area contributed by atoms with Crippen molar-refractivity contribution < 1.29 is 25.7 Å². The van der Waals surface area contributed by atoms with Crippen LogP contribution >= 0.6 is 0 Å². The Balaban J connectivity index is 0.00000192. The standard InChI is InChI=1S/C16H19N3O2S.ClH/c1-12(18(2)3)11-19-13-7-4-5-8-14(13)22(20,21)15-9-6-10-17-16(15)19;/h4-10,12H,11H2,1-3H3;1H. The van der Waals surface area contributed by atoms with Crippen LogP contribution in [-0.4, -0.2) is 40.1 Å². The summed E-state index contributed by atoms with van der Waals surface area (Å²) in [5.74, 6) is 0.523. The molecule has 1 atom stereocenters. The Labute approximate surface area is 143 Å². The molecule has 2 heterocycles. The summed E-state index contributed by atoms with van der Waals surface area (Å²) in [4.78, 5) is 8.32. The van der Waals surface area contributed by atoms with Crippen molar-refractivity contribution in [3.63, 3.8) is 0 Å². The molecule has 2 aromatic rings. The smallest absolute Gasteiger partial charge is 0.212 e. The molecule has 23 heavy (non-hydrogen) atoms. The zero-order chi connectivity index (χ0) is 15.9. The summed E-state index contributed by atoms with van der Waals surface area (Å²) >= 11 is 0.